The molecule has 0 spiro atoms. The molecular weight excluding hydrogens is 504 g/mol. The fourth-order valence-electron chi connectivity index (χ4n) is 2.46. The number of nitrogens with one attached hydrogen (secondary N) is 1. The topological polar surface area (TPSA) is 64.7 Å². The smallest absolute Gasteiger partial charge is 0.227 e. The molecule has 27 heavy (non-hydrogen) atoms. The standard InChI is InChI=1S/C17H15Br2ClFN5O/c1-10-12(18)7-22-26(10)6-5-16(27)23-17-13(19)9-25(24-17)8-11-14(20)3-2-4-15(11)21/h2-4,7,9H,5-6,8H2,1H3,(H,23,24,27). The third kappa shape index (κ3) is 4.77. The number of halogens is 4. The molecule has 10 heteroatoms. The number of anilines is 1. The number of rotatable bonds is 6. The van der Waals surface area contributed by atoms with Crippen molar-refractivity contribution in [1.82, 2.24) is 19.6 Å². The quantitative estimate of drug-likeness (QED) is 0.510. The molecular formula is C17H15Br2ClFN5O. The average molecular weight is 520 g/mol. The maximum absolute atomic E-state index is 13.9. The third-order valence-electron chi connectivity index (χ3n) is 3.95. The summed E-state index contributed by atoms with van der Waals surface area (Å²) in [5.74, 6) is -0.234. The van der Waals surface area contributed by atoms with Crippen molar-refractivity contribution < 1.29 is 9.18 Å². The molecule has 3 rings (SSSR count). The second-order valence-corrected chi connectivity index (χ2v) is 7.94. The number of amides is 1. The number of aromatic nitrogens is 4. The molecule has 3 aromatic rings. The summed E-state index contributed by atoms with van der Waals surface area (Å²) in [4.78, 5) is 12.2. The molecule has 6 nitrogen and oxygen atoms in total. The zero-order valence-electron chi connectivity index (χ0n) is 14.2. The highest BCUT2D eigenvalue weighted by Gasteiger charge is 2.14. The molecule has 0 saturated heterocycles. The highest BCUT2D eigenvalue weighted by atomic mass is 79.9. The average Bonchev–Trinajstić information content (AvgIpc) is 3.12. The summed E-state index contributed by atoms with van der Waals surface area (Å²) in [6.07, 6.45) is 3.60. The van der Waals surface area contributed by atoms with E-state index in [1.54, 1.807) is 29.2 Å². The van der Waals surface area contributed by atoms with Crippen molar-refractivity contribution in [1.29, 1.82) is 0 Å². The summed E-state index contributed by atoms with van der Waals surface area (Å²) >= 11 is 12.8. The van der Waals surface area contributed by atoms with Crippen LogP contribution in [0, 0.1) is 12.7 Å². The Labute approximate surface area is 177 Å². The molecule has 1 N–H and O–H groups in total. The van der Waals surface area contributed by atoms with Crippen molar-refractivity contribution >= 4 is 55.2 Å². The Morgan fingerprint density at radius 1 is 1.33 bits per heavy atom. The molecule has 0 atom stereocenters. The first-order chi connectivity index (χ1) is 12.8. The Balaban J connectivity index is 1.64. The van der Waals surface area contributed by atoms with E-state index in [1.807, 2.05) is 6.92 Å². The van der Waals surface area contributed by atoms with Gasteiger partial charge < -0.3 is 5.32 Å². The van der Waals surface area contributed by atoms with Crippen LogP contribution in [0.2, 0.25) is 5.02 Å². The maximum atomic E-state index is 13.9. The molecule has 0 aliphatic rings. The number of carbonyl (C=O) groups excluding carboxylic acids is 1. The molecule has 0 saturated carbocycles. The van der Waals surface area contributed by atoms with Gasteiger partial charge in [0.2, 0.25) is 5.91 Å². The number of hydrogen-bond donors (Lipinski definition) is 1. The molecule has 2 heterocycles. The number of benzene rings is 1. The Hall–Kier alpha value is -1.71. The van der Waals surface area contributed by atoms with Gasteiger partial charge in [-0.15, -0.1) is 0 Å². The minimum absolute atomic E-state index is 0.153. The molecule has 0 aliphatic heterocycles. The first kappa shape index (κ1) is 20.0. The lowest BCUT2D eigenvalue weighted by atomic mass is 10.2. The predicted octanol–water partition coefficient (Wildman–Crippen LogP) is 4.78. The fraction of sp³-hybridized carbons (Fsp3) is 0.235. The lowest BCUT2D eigenvalue weighted by Crippen LogP contribution is -2.16. The first-order valence-electron chi connectivity index (χ1n) is 7.98. The van der Waals surface area contributed by atoms with E-state index in [9.17, 15) is 9.18 Å². The highest BCUT2D eigenvalue weighted by Crippen LogP contribution is 2.24. The van der Waals surface area contributed by atoms with Gasteiger partial charge in [-0.25, -0.2) is 4.39 Å². The van der Waals surface area contributed by atoms with Crippen molar-refractivity contribution in [2.24, 2.45) is 0 Å². The van der Waals surface area contributed by atoms with Crippen LogP contribution >= 0.6 is 43.5 Å². The van der Waals surface area contributed by atoms with Crippen LogP contribution in [-0.4, -0.2) is 25.5 Å². The van der Waals surface area contributed by atoms with Crippen LogP contribution < -0.4 is 5.32 Å². The van der Waals surface area contributed by atoms with Crippen molar-refractivity contribution in [2.75, 3.05) is 5.32 Å². The van der Waals surface area contributed by atoms with E-state index in [4.69, 9.17) is 11.6 Å². The van der Waals surface area contributed by atoms with Crippen molar-refractivity contribution in [2.45, 2.75) is 26.4 Å². The molecule has 2 aromatic heterocycles. The zero-order valence-corrected chi connectivity index (χ0v) is 18.1. The van der Waals surface area contributed by atoms with Crippen LogP contribution in [0.1, 0.15) is 17.7 Å². The molecule has 0 bridgehead atoms. The Kier molecular flexibility index (Phi) is 6.33. The van der Waals surface area contributed by atoms with Gasteiger partial charge in [-0.1, -0.05) is 17.7 Å². The maximum Gasteiger partial charge on any atom is 0.227 e. The summed E-state index contributed by atoms with van der Waals surface area (Å²) in [6, 6.07) is 4.51. The van der Waals surface area contributed by atoms with E-state index < -0.39 is 5.82 Å². The van der Waals surface area contributed by atoms with Gasteiger partial charge in [-0.05, 0) is 50.9 Å². The van der Waals surface area contributed by atoms with Crippen molar-refractivity contribution in [3.05, 3.63) is 61.6 Å². The Morgan fingerprint density at radius 2 is 2.11 bits per heavy atom. The molecule has 142 valence electrons. The molecule has 1 amide bonds. The molecule has 0 aliphatic carbocycles. The van der Waals surface area contributed by atoms with E-state index in [-0.39, 0.29) is 18.9 Å². The van der Waals surface area contributed by atoms with Crippen molar-refractivity contribution in [3.8, 4) is 0 Å². The van der Waals surface area contributed by atoms with Gasteiger partial charge in [0.05, 0.1) is 28.2 Å². The van der Waals surface area contributed by atoms with Gasteiger partial charge in [-0.2, -0.15) is 10.2 Å². The summed E-state index contributed by atoms with van der Waals surface area (Å²) in [7, 11) is 0. The van der Waals surface area contributed by atoms with Gasteiger partial charge in [0.1, 0.15) is 5.82 Å². The summed E-state index contributed by atoms with van der Waals surface area (Å²) in [5.41, 5.74) is 1.29. The summed E-state index contributed by atoms with van der Waals surface area (Å²) < 4.78 is 18.7. The molecule has 0 fully saturated rings. The van der Waals surface area contributed by atoms with Gasteiger partial charge in [-0.3, -0.25) is 14.2 Å². The van der Waals surface area contributed by atoms with E-state index in [2.05, 4.69) is 47.4 Å². The van der Waals surface area contributed by atoms with Gasteiger partial charge in [0.15, 0.2) is 5.82 Å². The fourth-order valence-corrected chi connectivity index (χ4v) is 3.39. The SMILES string of the molecule is Cc1c(Br)cnn1CCC(=O)Nc1nn(Cc2c(F)cccc2Cl)cc1Br. The van der Waals surface area contributed by atoms with Crippen LogP contribution in [0.15, 0.2) is 39.5 Å². The van der Waals surface area contributed by atoms with E-state index in [1.165, 1.54) is 10.7 Å². The van der Waals surface area contributed by atoms with Crippen LogP contribution in [0.3, 0.4) is 0 Å². The minimum Gasteiger partial charge on any atom is -0.308 e. The van der Waals surface area contributed by atoms with Gasteiger partial charge in [0.25, 0.3) is 0 Å². The number of carbonyl (C=O) groups is 1. The number of nitrogens with zero attached hydrogens (tertiary/aromatic N) is 4. The van der Waals surface area contributed by atoms with Crippen LogP contribution in [0.25, 0.3) is 0 Å². The lowest BCUT2D eigenvalue weighted by molar-refractivity contribution is -0.116. The second-order valence-electron chi connectivity index (χ2n) is 5.82. The first-order valence-corrected chi connectivity index (χ1v) is 9.95. The van der Waals surface area contributed by atoms with E-state index in [0.717, 1.165) is 10.2 Å². The van der Waals surface area contributed by atoms with Crippen molar-refractivity contribution in [3.63, 3.8) is 0 Å². The number of hydrogen-bond acceptors (Lipinski definition) is 3. The van der Waals surface area contributed by atoms with E-state index >= 15 is 0 Å². The normalized spacial score (nSPS) is 11.0. The highest BCUT2D eigenvalue weighted by molar-refractivity contribution is 9.10. The Bertz CT molecular complexity index is 968. The van der Waals surface area contributed by atoms with Gasteiger partial charge >= 0.3 is 0 Å². The monoisotopic (exact) mass is 517 g/mol. The number of aryl methyl sites for hydroxylation is 1. The molecule has 0 radical (unpaired) electrons. The van der Waals surface area contributed by atoms with Crippen LogP contribution in [0.4, 0.5) is 10.2 Å². The van der Waals surface area contributed by atoms with Gasteiger partial charge in [0, 0.05) is 28.9 Å². The zero-order chi connectivity index (χ0) is 19.6. The van der Waals surface area contributed by atoms with Crippen LogP contribution in [0.5, 0.6) is 0 Å². The predicted molar refractivity (Wildman–Crippen MR) is 108 cm³/mol. The molecule has 0 unspecified atom stereocenters. The van der Waals surface area contributed by atoms with E-state index in [0.29, 0.717) is 27.4 Å². The third-order valence-corrected chi connectivity index (χ3v) is 5.66. The molecule has 1 aromatic carbocycles. The second kappa shape index (κ2) is 8.53. The lowest BCUT2D eigenvalue weighted by Gasteiger charge is -2.06. The Morgan fingerprint density at radius 3 is 2.78 bits per heavy atom. The summed E-state index contributed by atoms with van der Waals surface area (Å²) in [5, 5.41) is 11.6. The van der Waals surface area contributed by atoms with Crippen LogP contribution in [-0.2, 0) is 17.9 Å². The minimum atomic E-state index is -0.402. The summed E-state index contributed by atoms with van der Waals surface area (Å²) in [6.45, 7) is 2.52. The largest absolute Gasteiger partial charge is 0.308 e.